The summed E-state index contributed by atoms with van der Waals surface area (Å²) in [6.45, 7) is 2.31. The van der Waals surface area contributed by atoms with Crippen molar-refractivity contribution in [2.45, 2.75) is 6.10 Å². The Bertz CT molecular complexity index is 532. The van der Waals surface area contributed by atoms with Crippen LogP contribution in [0.5, 0.6) is 0 Å². The van der Waals surface area contributed by atoms with Crippen molar-refractivity contribution in [3.05, 3.63) is 52.8 Å². The molecule has 1 aromatic carbocycles. The molecule has 3 rings (SSSR count). The zero-order chi connectivity index (χ0) is 13.1. The van der Waals surface area contributed by atoms with Crippen molar-refractivity contribution in [1.82, 2.24) is 9.97 Å². The molecule has 0 unspecified atom stereocenters. The van der Waals surface area contributed by atoms with Gasteiger partial charge in [-0.05, 0) is 23.8 Å². The molecule has 2 aromatic rings. The summed E-state index contributed by atoms with van der Waals surface area (Å²) in [4.78, 5) is 10.8. The number of benzene rings is 1. The van der Waals surface area contributed by atoms with Gasteiger partial charge in [0.25, 0.3) is 0 Å². The van der Waals surface area contributed by atoms with Gasteiger partial charge < -0.3 is 9.64 Å². The molecule has 0 spiro atoms. The van der Waals surface area contributed by atoms with E-state index in [1.54, 1.807) is 12.4 Å². The minimum absolute atomic E-state index is 0.0747. The molecule has 5 heteroatoms. The minimum Gasteiger partial charge on any atom is -0.370 e. The zero-order valence-corrected chi connectivity index (χ0v) is 12.0. The van der Waals surface area contributed by atoms with Crippen LogP contribution in [0.15, 0.2) is 47.2 Å². The fraction of sp³-hybridized carbons (Fsp3) is 0.286. The van der Waals surface area contributed by atoms with Gasteiger partial charge in [0.2, 0.25) is 5.95 Å². The summed E-state index contributed by atoms with van der Waals surface area (Å²) < 4.78 is 6.92. The van der Waals surface area contributed by atoms with E-state index in [1.165, 1.54) is 5.56 Å². The van der Waals surface area contributed by atoms with Gasteiger partial charge in [0, 0.05) is 23.4 Å². The third kappa shape index (κ3) is 2.93. The third-order valence-corrected chi connectivity index (χ3v) is 3.67. The lowest BCUT2D eigenvalue weighted by Gasteiger charge is -2.33. The van der Waals surface area contributed by atoms with E-state index in [2.05, 4.69) is 42.9 Å². The molecule has 98 valence electrons. The van der Waals surface area contributed by atoms with Crippen LogP contribution in [-0.2, 0) is 4.74 Å². The molecule has 0 saturated carbocycles. The number of halogens is 1. The number of morpholine rings is 1. The summed E-state index contributed by atoms with van der Waals surface area (Å²) in [6, 6.07) is 10.1. The SMILES string of the molecule is Brc1ccc([C@@H]2CN(c3ncccn3)CCO2)cc1. The molecule has 1 aromatic heterocycles. The maximum atomic E-state index is 5.84. The lowest BCUT2D eigenvalue weighted by atomic mass is 10.1. The van der Waals surface area contributed by atoms with Crippen LogP contribution in [-0.4, -0.2) is 29.7 Å². The second-order valence-electron chi connectivity index (χ2n) is 4.41. The predicted molar refractivity (Wildman–Crippen MR) is 77.1 cm³/mol. The maximum Gasteiger partial charge on any atom is 0.225 e. The van der Waals surface area contributed by atoms with Gasteiger partial charge in [-0.15, -0.1) is 0 Å². The Kier molecular flexibility index (Phi) is 3.75. The highest BCUT2D eigenvalue weighted by atomic mass is 79.9. The van der Waals surface area contributed by atoms with Gasteiger partial charge in [0.1, 0.15) is 6.10 Å². The number of aromatic nitrogens is 2. The number of ether oxygens (including phenoxy) is 1. The summed E-state index contributed by atoms with van der Waals surface area (Å²) >= 11 is 3.45. The Morgan fingerprint density at radius 3 is 2.63 bits per heavy atom. The van der Waals surface area contributed by atoms with Gasteiger partial charge in [0.05, 0.1) is 13.2 Å². The average molecular weight is 320 g/mol. The van der Waals surface area contributed by atoms with E-state index >= 15 is 0 Å². The van der Waals surface area contributed by atoms with E-state index in [4.69, 9.17) is 4.74 Å². The minimum atomic E-state index is 0.0747. The largest absolute Gasteiger partial charge is 0.370 e. The Morgan fingerprint density at radius 2 is 1.89 bits per heavy atom. The molecular weight excluding hydrogens is 306 g/mol. The van der Waals surface area contributed by atoms with E-state index in [9.17, 15) is 0 Å². The van der Waals surface area contributed by atoms with Crippen LogP contribution in [0.1, 0.15) is 11.7 Å². The topological polar surface area (TPSA) is 38.2 Å². The summed E-state index contributed by atoms with van der Waals surface area (Å²) in [5, 5.41) is 0. The standard InChI is InChI=1S/C14H14BrN3O/c15-12-4-2-11(3-5-12)13-10-18(8-9-19-13)14-16-6-1-7-17-14/h1-7,13H,8-10H2/t13-/m0/s1. The van der Waals surface area contributed by atoms with Crippen molar-refractivity contribution >= 4 is 21.9 Å². The molecule has 0 N–H and O–H groups in total. The first kappa shape index (κ1) is 12.6. The Labute approximate surface area is 120 Å². The van der Waals surface area contributed by atoms with Crippen molar-refractivity contribution in [3.8, 4) is 0 Å². The normalized spacial score (nSPS) is 19.4. The van der Waals surface area contributed by atoms with Gasteiger partial charge >= 0.3 is 0 Å². The van der Waals surface area contributed by atoms with Gasteiger partial charge in [-0.2, -0.15) is 0 Å². The van der Waals surface area contributed by atoms with Gasteiger partial charge in [-0.3, -0.25) is 0 Å². The Morgan fingerprint density at radius 1 is 1.16 bits per heavy atom. The second kappa shape index (κ2) is 5.67. The van der Waals surface area contributed by atoms with Gasteiger partial charge in [-0.25, -0.2) is 9.97 Å². The zero-order valence-electron chi connectivity index (χ0n) is 10.4. The third-order valence-electron chi connectivity index (χ3n) is 3.14. The molecule has 1 aliphatic rings. The molecule has 1 atom stereocenters. The molecule has 19 heavy (non-hydrogen) atoms. The molecule has 2 heterocycles. The first-order valence-corrected chi connectivity index (χ1v) is 7.01. The first-order chi connectivity index (χ1) is 9.33. The van der Waals surface area contributed by atoms with Crippen molar-refractivity contribution < 1.29 is 4.74 Å². The molecular formula is C14H14BrN3O. The van der Waals surface area contributed by atoms with Crippen LogP contribution >= 0.6 is 15.9 Å². The van der Waals surface area contributed by atoms with E-state index in [-0.39, 0.29) is 6.10 Å². The first-order valence-electron chi connectivity index (χ1n) is 6.22. The smallest absolute Gasteiger partial charge is 0.225 e. The lowest BCUT2D eigenvalue weighted by molar-refractivity contribution is 0.0392. The number of hydrogen-bond donors (Lipinski definition) is 0. The number of nitrogens with zero attached hydrogens (tertiary/aromatic N) is 3. The summed E-state index contributed by atoms with van der Waals surface area (Å²) in [5.74, 6) is 0.771. The van der Waals surface area contributed by atoms with E-state index in [0.29, 0.717) is 6.61 Å². The molecule has 0 aliphatic carbocycles. The van der Waals surface area contributed by atoms with Crippen LogP contribution in [0.4, 0.5) is 5.95 Å². The molecule has 0 bridgehead atoms. The van der Waals surface area contributed by atoms with Crippen LogP contribution < -0.4 is 4.90 Å². The highest BCUT2D eigenvalue weighted by Gasteiger charge is 2.23. The van der Waals surface area contributed by atoms with Crippen molar-refractivity contribution in [3.63, 3.8) is 0 Å². The predicted octanol–water partition coefficient (Wildman–Crippen LogP) is 2.82. The summed E-state index contributed by atoms with van der Waals surface area (Å²) in [6.07, 6.45) is 3.62. The van der Waals surface area contributed by atoms with E-state index < -0.39 is 0 Å². The fourth-order valence-electron chi connectivity index (χ4n) is 2.16. The summed E-state index contributed by atoms with van der Waals surface area (Å²) in [7, 11) is 0. The van der Waals surface area contributed by atoms with Crippen LogP contribution in [0.25, 0.3) is 0 Å². The van der Waals surface area contributed by atoms with Gasteiger partial charge in [-0.1, -0.05) is 28.1 Å². The second-order valence-corrected chi connectivity index (χ2v) is 5.32. The molecule has 1 saturated heterocycles. The molecule has 0 amide bonds. The number of rotatable bonds is 2. The molecule has 1 fully saturated rings. The van der Waals surface area contributed by atoms with E-state index in [1.807, 2.05) is 18.2 Å². The van der Waals surface area contributed by atoms with E-state index in [0.717, 1.165) is 23.5 Å². The number of hydrogen-bond acceptors (Lipinski definition) is 4. The lowest BCUT2D eigenvalue weighted by Crippen LogP contribution is -2.39. The average Bonchev–Trinajstić information content (AvgIpc) is 2.49. The Hall–Kier alpha value is -1.46. The quantitative estimate of drug-likeness (QED) is 0.853. The van der Waals surface area contributed by atoms with Crippen molar-refractivity contribution in [2.75, 3.05) is 24.6 Å². The number of anilines is 1. The molecule has 0 radical (unpaired) electrons. The molecule has 1 aliphatic heterocycles. The summed E-state index contributed by atoms with van der Waals surface area (Å²) in [5.41, 5.74) is 1.18. The van der Waals surface area contributed by atoms with Crippen LogP contribution in [0.3, 0.4) is 0 Å². The highest BCUT2D eigenvalue weighted by molar-refractivity contribution is 9.10. The van der Waals surface area contributed by atoms with Gasteiger partial charge in [0.15, 0.2) is 0 Å². The van der Waals surface area contributed by atoms with Crippen molar-refractivity contribution in [1.29, 1.82) is 0 Å². The highest BCUT2D eigenvalue weighted by Crippen LogP contribution is 2.25. The Balaban J connectivity index is 1.76. The fourth-order valence-corrected chi connectivity index (χ4v) is 2.43. The van der Waals surface area contributed by atoms with Crippen LogP contribution in [0.2, 0.25) is 0 Å². The van der Waals surface area contributed by atoms with Crippen LogP contribution in [0, 0.1) is 0 Å². The van der Waals surface area contributed by atoms with Crippen molar-refractivity contribution in [2.24, 2.45) is 0 Å². The maximum absolute atomic E-state index is 5.84. The molecule has 4 nitrogen and oxygen atoms in total. The monoisotopic (exact) mass is 319 g/mol.